The number of nitrogens with one attached hydrogen (secondary N) is 1. The molecule has 1 aromatic heterocycles. The van der Waals surface area contributed by atoms with Gasteiger partial charge in [-0.1, -0.05) is 13.8 Å². The lowest BCUT2D eigenvalue weighted by atomic mass is 10.4. The third-order valence-electron chi connectivity index (χ3n) is 2.50. The highest BCUT2D eigenvalue weighted by Crippen LogP contribution is 2.28. The van der Waals surface area contributed by atoms with Gasteiger partial charge in [0.1, 0.15) is 10.7 Å². The van der Waals surface area contributed by atoms with Crippen LogP contribution in [0.5, 0.6) is 0 Å². The van der Waals surface area contributed by atoms with Crippen LogP contribution in [0.25, 0.3) is 0 Å². The fourth-order valence-electron chi connectivity index (χ4n) is 1.67. The second kappa shape index (κ2) is 6.70. The van der Waals surface area contributed by atoms with Gasteiger partial charge in [0, 0.05) is 19.2 Å². The highest BCUT2D eigenvalue weighted by atomic mass is 79.9. The van der Waals surface area contributed by atoms with Crippen molar-refractivity contribution in [3.05, 3.63) is 16.5 Å². The Labute approximate surface area is 117 Å². The Morgan fingerprint density at radius 3 is 2.61 bits per heavy atom. The summed E-state index contributed by atoms with van der Waals surface area (Å²) in [6, 6.07) is 1.56. The van der Waals surface area contributed by atoms with Crippen molar-refractivity contribution in [3.63, 3.8) is 0 Å². The van der Waals surface area contributed by atoms with Gasteiger partial charge in [-0.3, -0.25) is 0 Å². The van der Waals surface area contributed by atoms with Gasteiger partial charge in [-0.05, 0) is 29.4 Å². The van der Waals surface area contributed by atoms with E-state index in [1.165, 1.54) is 4.31 Å². The van der Waals surface area contributed by atoms with E-state index < -0.39 is 10.0 Å². The van der Waals surface area contributed by atoms with Crippen LogP contribution >= 0.6 is 15.9 Å². The number of furan rings is 1. The molecule has 104 valence electrons. The van der Waals surface area contributed by atoms with Crippen LogP contribution in [0, 0.1) is 0 Å². The van der Waals surface area contributed by atoms with Gasteiger partial charge in [0.25, 0.3) is 0 Å². The van der Waals surface area contributed by atoms with Crippen molar-refractivity contribution in [1.29, 1.82) is 0 Å². The fourth-order valence-corrected chi connectivity index (χ4v) is 4.17. The summed E-state index contributed by atoms with van der Waals surface area (Å²) in [5, 5.41) is 2.92. The molecule has 5 nitrogen and oxygen atoms in total. The number of hydrogen-bond acceptors (Lipinski definition) is 4. The highest BCUT2D eigenvalue weighted by Gasteiger charge is 2.27. The number of nitrogens with zero attached hydrogens (tertiary/aromatic N) is 1. The lowest BCUT2D eigenvalue weighted by molar-refractivity contribution is 0.423. The molecule has 0 atom stereocenters. The van der Waals surface area contributed by atoms with Crippen molar-refractivity contribution >= 4 is 26.0 Å². The first-order valence-corrected chi connectivity index (χ1v) is 8.13. The van der Waals surface area contributed by atoms with Crippen molar-refractivity contribution in [1.82, 2.24) is 9.62 Å². The second-order valence-electron chi connectivity index (χ2n) is 3.88. The van der Waals surface area contributed by atoms with Gasteiger partial charge >= 0.3 is 0 Å². The quantitative estimate of drug-likeness (QED) is 0.827. The highest BCUT2D eigenvalue weighted by molar-refractivity contribution is 9.10. The number of halogens is 1. The van der Waals surface area contributed by atoms with E-state index in [2.05, 4.69) is 21.2 Å². The molecule has 0 radical (unpaired) electrons. The lowest BCUT2D eigenvalue weighted by Crippen LogP contribution is -2.31. The van der Waals surface area contributed by atoms with Gasteiger partial charge in [0.05, 0.1) is 6.54 Å². The molecule has 0 saturated carbocycles. The molecule has 1 aromatic rings. The SMILES string of the molecule is CCCN(CC)S(=O)(=O)c1cc(CNC)oc1Br. The van der Waals surface area contributed by atoms with Gasteiger partial charge in [-0.2, -0.15) is 4.31 Å². The standard InChI is InChI=1S/C11H19BrN2O3S/c1-4-6-14(5-2)18(15,16)10-7-9(8-13-3)17-11(10)12/h7,13H,4-6,8H2,1-3H3. The maximum Gasteiger partial charge on any atom is 0.247 e. The minimum absolute atomic E-state index is 0.197. The molecule has 0 aliphatic carbocycles. The molecule has 0 aliphatic heterocycles. The van der Waals surface area contributed by atoms with Crippen molar-refractivity contribution in [3.8, 4) is 0 Å². The van der Waals surface area contributed by atoms with Gasteiger partial charge in [0.2, 0.25) is 10.0 Å². The summed E-state index contributed by atoms with van der Waals surface area (Å²) in [5.41, 5.74) is 0. The van der Waals surface area contributed by atoms with Crippen molar-refractivity contribution < 1.29 is 12.8 Å². The van der Waals surface area contributed by atoms with E-state index >= 15 is 0 Å². The van der Waals surface area contributed by atoms with Crippen LogP contribution in [0.4, 0.5) is 0 Å². The molecule has 0 amide bonds. The first-order valence-electron chi connectivity index (χ1n) is 5.90. The van der Waals surface area contributed by atoms with E-state index in [1.807, 2.05) is 13.8 Å². The number of sulfonamides is 1. The molecule has 1 N–H and O–H groups in total. The van der Waals surface area contributed by atoms with E-state index in [0.29, 0.717) is 25.4 Å². The van der Waals surface area contributed by atoms with E-state index in [-0.39, 0.29) is 9.56 Å². The van der Waals surface area contributed by atoms with Crippen LogP contribution in [-0.4, -0.2) is 32.9 Å². The third kappa shape index (κ3) is 3.34. The first kappa shape index (κ1) is 15.7. The minimum atomic E-state index is -3.48. The molecule has 0 saturated heterocycles. The molecule has 7 heteroatoms. The van der Waals surface area contributed by atoms with E-state index in [9.17, 15) is 8.42 Å². The van der Waals surface area contributed by atoms with Crippen molar-refractivity contribution in [2.45, 2.75) is 31.7 Å². The minimum Gasteiger partial charge on any atom is -0.452 e. The summed E-state index contributed by atoms with van der Waals surface area (Å²) >= 11 is 3.17. The van der Waals surface area contributed by atoms with Crippen LogP contribution in [0.3, 0.4) is 0 Å². The van der Waals surface area contributed by atoms with E-state index in [0.717, 1.165) is 6.42 Å². The summed E-state index contributed by atoms with van der Waals surface area (Å²) < 4.78 is 31.9. The summed E-state index contributed by atoms with van der Waals surface area (Å²) in [7, 11) is -1.70. The third-order valence-corrected chi connectivity index (χ3v) is 5.33. The van der Waals surface area contributed by atoms with E-state index in [4.69, 9.17) is 4.42 Å². The Hall–Kier alpha value is -0.370. The van der Waals surface area contributed by atoms with Crippen LogP contribution in [0.15, 0.2) is 20.0 Å². The maximum absolute atomic E-state index is 12.4. The zero-order valence-electron chi connectivity index (χ0n) is 10.9. The first-order chi connectivity index (χ1) is 8.47. The topological polar surface area (TPSA) is 62.6 Å². The largest absolute Gasteiger partial charge is 0.452 e. The molecule has 18 heavy (non-hydrogen) atoms. The zero-order valence-corrected chi connectivity index (χ0v) is 13.3. The summed E-state index contributed by atoms with van der Waals surface area (Å²) in [6.45, 7) is 5.24. The van der Waals surface area contributed by atoms with Crippen LogP contribution in [-0.2, 0) is 16.6 Å². The van der Waals surface area contributed by atoms with Crippen molar-refractivity contribution in [2.24, 2.45) is 0 Å². The summed E-state index contributed by atoms with van der Waals surface area (Å²) in [5.74, 6) is 0.593. The Morgan fingerprint density at radius 2 is 2.11 bits per heavy atom. The monoisotopic (exact) mass is 338 g/mol. The molecule has 0 aromatic carbocycles. The molecule has 0 aliphatic rings. The van der Waals surface area contributed by atoms with E-state index in [1.54, 1.807) is 13.1 Å². The average molecular weight is 339 g/mol. The maximum atomic E-state index is 12.4. The smallest absolute Gasteiger partial charge is 0.247 e. The number of hydrogen-bond donors (Lipinski definition) is 1. The lowest BCUT2D eigenvalue weighted by Gasteiger charge is -2.18. The molecular weight excluding hydrogens is 320 g/mol. The molecular formula is C11H19BrN2O3S. The number of rotatable bonds is 7. The Morgan fingerprint density at radius 1 is 1.44 bits per heavy atom. The average Bonchev–Trinajstić information content (AvgIpc) is 2.68. The van der Waals surface area contributed by atoms with Crippen LogP contribution in [0.2, 0.25) is 0 Å². The normalized spacial score (nSPS) is 12.3. The Balaban J connectivity index is 3.10. The van der Waals surface area contributed by atoms with Crippen LogP contribution in [0.1, 0.15) is 26.0 Å². The van der Waals surface area contributed by atoms with Gasteiger partial charge in [0.15, 0.2) is 4.67 Å². The van der Waals surface area contributed by atoms with Gasteiger partial charge in [-0.15, -0.1) is 0 Å². The second-order valence-corrected chi connectivity index (χ2v) is 6.50. The molecule has 0 spiro atoms. The van der Waals surface area contributed by atoms with Gasteiger partial charge < -0.3 is 9.73 Å². The fraction of sp³-hybridized carbons (Fsp3) is 0.636. The predicted molar refractivity (Wildman–Crippen MR) is 73.9 cm³/mol. The zero-order chi connectivity index (χ0) is 13.8. The Kier molecular flexibility index (Phi) is 5.84. The Bertz CT molecular complexity index is 484. The van der Waals surface area contributed by atoms with Crippen LogP contribution < -0.4 is 5.32 Å². The molecule has 0 bridgehead atoms. The molecule has 1 rings (SSSR count). The summed E-state index contributed by atoms with van der Waals surface area (Å²) in [6.07, 6.45) is 0.784. The van der Waals surface area contributed by atoms with Crippen molar-refractivity contribution in [2.75, 3.05) is 20.1 Å². The molecule has 0 unspecified atom stereocenters. The predicted octanol–water partition coefficient (Wildman–Crippen LogP) is 2.18. The molecule has 0 fully saturated rings. The summed E-state index contributed by atoms with van der Waals surface area (Å²) in [4.78, 5) is 0.197. The molecule has 1 heterocycles. The van der Waals surface area contributed by atoms with Gasteiger partial charge in [-0.25, -0.2) is 8.42 Å².